The van der Waals surface area contributed by atoms with E-state index in [9.17, 15) is 0 Å². The summed E-state index contributed by atoms with van der Waals surface area (Å²) in [5, 5.41) is 1.91. The number of nitrogens with zero attached hydrogens (tertiary/aromatic N) is 1. The highest BCUT2D eigenvalue weighted by molar-refractivity contribution is 8.00. The van der Waals surface area contributed by atoms with E-state index in [1.807, 2.05) is 0 Å². The predicted octanol–water partition coefficient (Wildman–Crippen LogP) is 15.1. The Hall–Kier alpha value is 0.270. The van der Waals surface area contributed by atoms with Crippen LogP contribution in [0.2, 0.25) is 0 Å². The number of thioether (sulfide) groups is 1. The smallest absolute Gasteiger partial charge is 0.0652 e. The van der Waals surface area contributed by atoms with Gasteiger partial charge in [0.05, 0.1) is 12.2 Å². The molecule has 2 nitrogen and oxygen atoms in total. The molecule has 2 saturated heterocycles. The quantitative estimate of drug-likeness (QED) is 0.265. The molecule has 332 valence electrons. The van der Waals surface area contributed by atoms with E-state index < -0.39 is 0 Å². The first-order chi connectivity index (χ1) is 29.2. The molecule has 2 heterocycles. The normalized spacial score (nSPS) is 53.9. The van der Waals surface area contributed by atoms with Gasteiger partial charge in [0.2, 0.25) is 0 Å². The Morgan fingerprint density at radius 3 is 1.39 bits per heavy atom. The van der Waals surface area contributed by atoms with Gasteiger partial charge in [-0.1, -0.05) is 83.5 Å². The number of rotatable bonds is 6. The van der Waals surface area contributed by atoms with Gasteiger partial charge in [-0.2, -0.15) is 11.8 Å². The molecule has 0 aromatic heterocycles. The highest BCUT2D eigenvalue weighted by atomic mass is 32.2. The lowest BCUT2D eigenvalue weighted by atomic mass is 9.61. The number of ether oxygens (including phenoxy) is 1. The second-order valence-corrected chi connectivity index (χ2v) is 26.6. The molecule has 0 aromatic rings. The largest absolute Gasteiger partial charge is 0.374 e. The van der Waals surface area contributed by atoms with Crippen molar-refractivity contribution < 1.29 is 4.74 Å². The summed E-state index contributed by atoms with van der Waals surface area (Å²) in [7, 11) is 0. The third-order valence-electron chi connectivity index (χ3n) is 22.9. The first-order valence-electron chi connectivity index (χ1n) is 28.3. The van der Waals surface area contributed by atoms with E-state index in [1.165, 1.54) is 96.3 Å². The molecule has 59 heavy (non-hydrogen) atoms. The van der Waals surface area contributed by atoms with Crippen molar-refractivity contribution >= 4 is 11.8 Å². The summed E-state index contributed by atoms with van der Waals surface area (Å²) >= 11 is 2.47. The van der Waals surface area contributed by atoms with Crippen LogP contribution in [-0.4, -0.2) is 45.7 Å². The van der Waals surface area contributed by atoms with Gasteiger partial charge in [0.1, 0.15) is 0 Å². The van der Waals surface area contributed by atoms with E-state index in [0.717, 1.165) is 111 Å². The lowest BCUT2D eigenvalue weighted by Crippen LogP contribution is -2.57. The average molecular weight is 826 g/mol. The van der Waals surface area contributed by atoms with Crippen LogP contribution in [0.5, 0.6) is 0 Å². The van der Waals surface area contributed by atoms with Crippen molar-refractivity contribution in [3.63, 3.8) is 0 Å². The maximum absolute atomic E-state index is 7.82. The minimum atomic E-state index is 0.605. The molecular weight excluding hydrogens is 735 g/mol. The molecule has 17 atom stereocenters. The van der Waals surface area contributed by atoms with Gasteiger partial charge >= 0.3 is 0 Å². The molecule has 0 spiro atoms. The zero-order valence-electron chi connectivity index (χ0n) is 38.1. The van der Waals surface area contributed by atoms with Crippen LogP contribution in [0.3, 0.4) is 0 Å². The molecule has 3 heteroatoms. The average Bonchev–Trinajstić information content (AvgIpc) is 3.88. The van der Waals surface area contributed by atoms with E-state index >= 15 is 0 Å². The van der Waals surface area contributed by atoms with Gasteiger partial charge < -0.3 is 4.74 Å². The van der Waals surface area contributed by atoms with Crippen LogP contribution in [0, 0.1) is 82.9 Å². The summed E-state index contributed by atoms with van der Waals surface area (Å²) in [5.74, 6) is 14.1. The Balaban J connectivity index is 0.774. The molecule has 0 N–H and O–H groups in total. The van der Waals surface area contributed by atoms with Crippen molar-refractivity contribution in [1.29, 1.82) is 0 Å². The maximum atomic E-state index is 7.82. The van der Waals surface area contributed by atoms with E-state index in [2.05, 4.69) is 16.7 Å². The minimum absolute atomic E-state index is 0.605. The fraction of sp³-hybridized carbons (Fsp3) is 1.00. The fourth-order valence-electron chi connectivity index (χ4n) is 20.3. The number of hydrogen-bond donors (Lipinski definition) is 0. The Morgan fingerprint density at radius 2 is 0.746 bits per heavy atom. The van der Waals surface area contributed by atoms with Gasteiger partial charge in [0.25, 0.3) is 0 Å². The van der Waals surface area contributed by atoms with Gasteiger partial charge in [0, 0.05) is 34.5 Å². The molecule has 12 aliphatic rings. The number of fused-ring (bicyclic) bond motifs is 9. The van der Waals surface area contributed by atoms with Gasteiger partial charge in [-0.25, -0.2) is 0 Å². The van der Waals surface area contributed by atoms with Crippen LogP contribution in [-0.2, 0) is 4.74 Å². The second-order valence-electron chi connectivity index (χ2n) is 25.2. The molecule has 0 radical (unpaired) electrons. The topological polar surface area (TPSA) is 12.5 Å². The molecule has 10 aliphatic carbocycles. The molecule has 12 fully saturated rings. The van der Waals surface area contributed by atoms with E-state index in [-0.39, 0.29) is 0 Å². The van der Waals surface area contributed by atoms with E-state index in [4.69, 9.17) is 4.74 Å². The summed E-state index contributed by atoms with van der Waals surface area (Å²) in [5.41, 5.74) is 0. The Labute approximate surface area is 368 Å². The molecule has 0 aromatic carbocycles. The zero-order chi connectivity index (χ0) is 38.9. The molecule has 12 rings (SSSR count). The van der Waals surface area contributed by atoms with Gasteiger partial charge in [-0.15, -0.1) is 0 Å². The van der Waals surface area contributed by atoms with Crippen LogP contribution < -0.4 is 0 Å². The minimum Gasteiger partial charge on any atom is -0.374 e. The highest BCUT2D eigenvalue weighted by Gasteiger charge is 2.60. The van der Waals surface area contributed by atoms with Crippen LogP contribution >= 0.6 is 11.8 Å². The molecule has 2 aliphatic heterocycles. The third-order valence-corrected chi connectivity index (χ3v) is 24.8. The van der Waals surface area contributed by atoms with Gasteiger partial charge in [-0.3, -0.25) is 4.90 Å². The fourth-order valence-corrected chi connectivity index (χ4v) is 22.4. The van der Waals surface area contributed by atoms with Crippen molar-refractivity contribution in [2.75, 3.05) is 0 Å². The summed E-state index contributed by atoms with van der Waals surface area (Å²) in [6, 6.07) is 2.62. The second kappa shape index (κ2) is 17.9. The van der Waals surface area contributed by atoms with Crippen LogP contribution in [0.4, 0.5) is 0 Å². The lowest BCUT2D eigenvalue weighted by Gasteiger charge is -2.54. The van der Waals surface area contributed by atoms with Crippen molar-refractivity contribution in [2.45, 2.75) is 266 Å². The number of hydrogen-bond acceptors (Lipinski definition) is 3. The lowest BCUT2D eigenvalue weighted by molar-refractivity contribution is -0.0968. The van der Waals surface area contributed by atoms with Crippen LogP contribution in [0.25, 0.3) is 0 Å². The van der Waals surface area contributed by atoms with Crippen molar-refractivity contribution in [2.24, 2.45) is 82.9 Å². The van der Waals surface area contributed by atoms with Crippen molar-refractivity contribution in [1.82, 2.24) is 4.90 Å². The Bertz CT molecular complexity index is 1330. The third kappa shape index (κ3) is 7.85. The molecule has 0 bridgehead atoms. The molecule has 0 amide bonds. The summed E-state index contributed by atoms with van der Waals surface area (Å²) in [6.45, 7) is 0. The summed E-state index contributed by atoms with van der Waals surface area (Å²) in [4.78, 5) is 3.47. The first kappa shape index (κ1) is 40.8. The van der Waals surface area contributed by atoms with Crippen molar-refractivity contribution in [3.05, 3.63) is 0 Å². The molecule has 10 saturated carbocycles. The van der Waals surface area contributed by atoms with Gasteiger partial charge in [-0.05, 0) is 218 Å². The molecular formula is C56H91NOS. The van der Waals surface area contributed by atoms with Crippen molar-refractivity contribution in [3.8, 4) is 0 Å². The van der Waals surface area contributed by atoms with Crippen LogP contribution in [0.1, 0.15) is 225 Å². The maximum Gasteiger partial charge on any atom is 0.0652 e. The zero-order valence-corrected chi connectivity index (χ0v) is 39.0. The Morgan fingerprint density at radius 1 is 0.305 bits per heavy atom. The van der Waals surface area contributed by atoms with Gasteiger partial charge in [0.15, 0.2) is 0 Å². The Kier molecular flexibility index (Phi) is 12.4. The van der Waals surface area contributed by atoms with E-state index in [1.54, 1.807) is 128 Å². The standard InChI is InChI=1S/C56H91NOS/c1-3-12-40-34-42(22-20-36(40)10-1)38-24-28-44(29-25-38)57(45-30-26-39(27-31-45)43-23-21-37-11-2-4-13-41(37)35-43)51-18-7-5-14-46(51)47-16-9-17-48-49-32-33-53-54(56(49)58-55(47)48)50-15-6-8-19-52(50)59-53/h36-56H,1-35H2. The SMILES string of the molecule is C1CCC2CC(C3CCC(N(C4CCC(C5CCC6CCCCC6C5)CC4)C4CCCCC4C4CCCC5C6CCC7SC8CCCCC8C7C6OC54)CC3)CCC2C1. The van der Waals surface area contributed by atoms with Crippen LogP contribution in [0.15, 0.2) is 0 Å². The predicted molar refractivity (Wildman–Crippen MR) is 247 cm³/mol. The summed E-state index contributed by atoms with van der Waals surface area (Å²) < 4.78 is 7.82. The monoisotopic (exact) mass is 826 g/mol. The van der Waals surface area contributed by atoms with E-state index in [0.29, 0.717) is 12.2 Å². The first-order valence-corrected chi connectivity index (χ1v) is 29.3. The summed E-state index contributed by atoms with van der Waals surface area (Å²) in [6.07, 6.45) is 55.4. The highest BCUT2D eigenvalue weighted by Crippen LogP contribution is 2.62. The molecule has 17 unspecified atom stereocenters.